The zero-order chi connectivity index (χ0) is 21.1. The average molecular weight is 400 g/mol. The number of benzene rings is 2. The van der Waals surface area contributed by atoms with E-state index in [1.807, 2.05) is 12.1 Å². The van der Waals surface area contributed by atoms with Crippen LogP contribution < -0.4 is 10.6 Å². The van der Waals surface area contributed by atoms with E-state index in [4.69, 9.17) is 4.42 Å². The maximum atomic E-state index is 13.9. The number of carbonyl (C=O) groups is 1. The van der Waals surface area contributed by atoms with Crippen LogP contribution in [0.1, 0.15) is 27.2 Å². The highest BCUT2D eigenvalue weighted by Gasteiger charge is 2.12. The van der Waals surface area contributed by atoms with E-state index in [9.17, 15) is 14.4 Å². The molecule has 2 aromatic carbocycles. The van der Waals surface area contributed by atoms with Gasteiger partial charge in [-0.1, -0.05) is 12.1 Å². The zero-order valence-corrected chi connectivity index (χ0v) is 16.1. The van der Waals surface area contributed by atoms with E-state index in [0.717, 1.165) is 5.56 Å². The van der Waals surface area contributed by atoms with Crippen LogP contribution in [0.5, 0.6) is 0 Å². The number of halogens is 1. The number of aromatic nitrogens is 1. The number of carbonyl (C=O) groups excluding carboxylic acids is 1. The lowest BCUT2D eigenvalue weighted by atomic mass is 10.1. The molecule has 0 aliphatic carbocycles. The first-order valence-electron chi connectivity index (χ1n) is 9.22. The highest BCUT2D eigenvalue weighted by molar-refractivity contribution is 6.02. The van der Waals surface area contributed by atoms with Crippen LogP contribution in [0.2, 0.25) is 0 Å². The zero-order valence-electron chi connectivity index (χ0n) is 16.1. The van der Waals surface area contributed by atoms with Gasteiger partial charge in [-0.15, -0.1) is 0 Å². The SMILES string of the molecule is Cc1cc(F)cc2c(NCc3ccc(NC(=O)c4ccco4)cc3)c(C#N)cnc12. The molecule has 30 heavy (non-hydrogen) atoms. The van der Waals surface area contributed by atoms with Crippen molar-refractivity contribution in [3.05, 3.63) is 89.3 Å². The summed E-state index contributed by atoms with van der Waals surface area (Å²) in [6, 6.07) is 15.4. The Bertz CT molecular complexity index is 1260. The second-order valence-corrected chi connectivity index (χ2v) is 6.76. The summed E-state index contributed by atoms with van der Waals surface area (Å²) in [4.78, 5) is 16.3. The van der Waals surface area contributed by atoms with Crippen LogP contribution in [0.25, 0.3) is 10.9 Å². The van der Waals surface area contributed by atoms with Crippen LogP contribution in [-0.2, 0) is 6.54 Å². The Morgan fingerprint density at radius 3 is 2.73 bits per heavy atom. The van der Waals surface area contributed by atoms with Gasteiger partial charge in [-0.3, -0.25) is 9.78 Å². The standard InChI is InChI=1S/C23H17FN4O2/c1-14-9-17(24)10-19-21(14)27-13-16(11-25)22(19)26-12-15-4-6-18(7-5-15)28-23(29)20-3-2-8-30-20/h2-10,13H,12H2,1H3,(H,26,27)(H,28,29). The third kappa shape index (κ3) is 3.84. The van der Waals surface area contributed by atoms with Crippen molar-refractivity contribution < 1.29 is 13.6 Å². The van der Waals surface area contributed by atoms with E-state index >= 15 is 0 Å². The summed E-state index contributed by atoms with van der Waals surface area (Å²) in [5.41, 5.74) is 3.79. The van der Waals surface area contributed by atoms with Crippen molar-refractivity contribution in [3.8, 4) is 6.07 Å². The van der Waals surface area contributed by atoms with Crippen molar-refractivity contribution in [1.29, 1.82) is 5.26 Å². The van der Waals surface area contributed by atoms with E-state index in [-0.39, 0.29) is 17.5 Å². The number of hydrogen-bond donors (Lipinski definition) is 2. The van der Waals surface area contributed by atoms with Gasteiger partial charge in [0, 0.05) is 23.8 Å². The molecule has 1 amide bonds. The fourth-order valence-corrected chi connectivity index (χ4v) is 3.21. The number of rotatable bonds is 5. The molecule has 0 saturated heterocycles. The Kier molecular flexibility index (Phi) is 5.14. The first-order chi connectivity index (χ1) is 14.5. The largest absolute Gasteiger partial charge is 0.459 e. The Hall–Kier alpha value is -4.18. The van der Waals surface area contributed by atoms with E-state index in [0.29, 0.717) is 39.9 Å². The lowest BCUT2D eigenvalue weighted by molar-refractivity contribution is 0.0996. The minimum absolute atomic E-state index is 0.233. The minimum atomic E-state index is -0.378. The van der Waals surface area contributed by atoms with Crippen molar-refractivity contribution in [2.75, 3.05) is 10.6 Å². The lowest BCUT2D eigenvalue weighted by Gasteiger charge is -2.13. The first-order valence-corrected chi connectivity index (χ1v) is 9.22. The van der Waals surface area contributed by atoms with E-state index in [1.165, 1.54) is 24.6 Å². The van der Waals surface area contributed by atoms with Gasteiger partial charge in [0.05, 0.1) is 23.0 Å². The quantitative estimate of drug-likeness (QED) is 0.491. The normalized spacial score (nSPS) is 10.6. The van der Waals surface area contributed by atoms with Crippen LogP contribution in [0.15, 0.2) is 65.4 Å². The molecule has 0 aliphatic heterocycles. The smallest absolute Gasteiger partial charge is 0.291 e. The summed E-state index contributed by atoms with van der Waals surface area (Å²) < 4.78 is 19.0. The molecule has 2 aromatic heterocycles. The molecule has 4 aromatic rings. The second-order valence-electron chi connectivity index (χ2n) is 6.76. The fraction of sp³-hybridized carbons (Fsp3) is 0.0870. The number of nitriles is 1. The Morgan fingerprint density at radius 1 is 1.23 bits per heavy atom. The molecule has 0 radical (unpaired) electrons. The number of pyridine rings is 1. The Labute approximate surface area is 172 Å². The molecule has 2 heterocycles. The molecule has 0 unspecified atom stereocenters. The summed E-state index contributed by atoms with van der Waals surface area (Å²) in [6.07, 6.45) is 2.93. The van der Waals surface area contributed by atoms with Gasteiger partial charge < -0.3 is 15.1 Å². The van der Waals surface area contributed by atoms with Gasteiger partial charge in [0.1, 0.15) is 11.9 Å². The molecule has 7 heteroatoms. The first kappa shape index (κ1) is 19.2. The Balaban J connectivity index is 1.53. The number of fused-ring (bicyclic) bond motifs is 1. The molecule has 2 N–H and O–H groups in total. The molecule has 0 aliphatic rings. The summed E-state index contributed by atoms with van der Waals surface area (Å²) in [5.74, 6) is -0.473. The summed E-state index contributed by atoms with van der Waals surface area (Å²) in [7, 11) is 0. The van der Waals surface area contributed by atoms with Crippen LogP contribution in [0.4, 0.5) is 15.8 Å². The Morgan fingerprint density at radius 2 is 2.03 bits per heavy atom. The van der Waals surface area contributed by atoms with E-state index in [1.54, 1.807) is 31.2 Å². The van der Waals surface area contributed by atoms with Gasteiger partial charge in [-0.25, -0.2) is 4.39 Å². The van der Waals surface area contributed by atoms with Crippen molar-refractivity contribution in [2.45, 2.75) is 13.5 Å². The molecule has 0 fully saturated rings. The molecule has 0 saturated carbocycles. The predicted molar refractivity (Wildman–Crippen MR) is 112 cm³/mol. The van der Waals surface area contributed by atoms with Gasteiger partial charge in [0.15, 0.2) is 5.76 Å². The van der Waals surface area contributed by atoms with Gasteiger partial charge in [-0.2, -0.15) is 5.26 Å². The molecule has 148 valence electrons. The van der Waals surface area contributed by atoms with Crippen LogP contribution in [0, 0.1) is 24.1 Å². The summed E-state index contributed by atoms with van der Waals surface area (Å²) in [6.45, 7) is 2.19. The molecule has 0 spiro atoms. The number of nitrogens with zero attached hydrogens (tertiary/aromatic N) is 2. The van der Waals surface area contributed by atoms with E-state index < -0.39 is 0 Å². The maximum absolute atomic E-state index is 13.9. The topological polar surface area (TPSA) is 91.0 Å². The molecule has 0 bridgehead atoms. The summed E-state index contributed by atoms with van der Waals surface area (Å²) >= 11 is 0. The van der Waals surface area contributed by atoms with Crippen LogP contribution >= 0.6 is 0 Å². The molecule has 4 rings (SSSR count). The highest BCUT2D eigenvalue weighted by atomic mass is 19.1. The molecular weight excluding hydrogens is 383 g/mol. The number of amides is 1. The van der Waals surface area contributed by atoms with Gasteiger partial charge in [0.25, 0.3) is 5.91 Å². The molecule has 0 atom stereocenters. The van der Waals surface area contributed by atoms with E-state index in [2.05, 4.69) is 21.7 Å². The fourth-order valence-electron chi connectivity index (χ4n) is 3.21. The number of furan rings is 1. The molecule has 6 nitrogen and oxygen atoms in total. The average Bonchev–Trinajstić information content (AvgIpc) is 3.28. The van der Waals surface area contributed by atoms with Crippen LogP contribution in [0.3, 0.4) is 0 Å². The monoisotopic (exact) mass is 400 g/mol. The lowest BCUT2D eigenvalue weighted by Crippen LogP contribution is -2.10. The highest BCUT2D eigenvalue weighted by Crippen LogP contribution is 2.29. The summed E-state index contributed by atoms with van der Waals surface area (Å²) in [5, 5.41) is 16.0. The second kappa shape index (κ2) is 8.05. The number of anilines is 2. The van der Waals surface area contributed by atoms with Crippen molar-refractivity contribution in [2.24, 2.45) is 0 Å². The number of nitrogens with one attached hydrogen (secondary N) is 2. The van der Waals surface area contributed by atoms with Crippen molar-refractivity contribution in [1.82, 2.24) is 4.98 Å². The van der Waals surface area contributed by atoms with Gasteiger partial charge >= 0.3 is 0 Å². The van der Waals surface area contributed by atoms with Gasteiger partial charge in [0.2, 0.25) is 0 Å². The third-order valence-corrected chi connectivity index (χ3v) is 4.67. The molecular formula is C23H17FN4O2. The minimum Gasteiger partial charge on any atom is -0.459 e. The number of hydrogen-bond acceptors (Lipinski definition) is 5. The van der Waals surface area contributed by atoms with Gasteiger partial charge in [-0.05, 0) is 54.4 Å². The van der Waals surface area contributed by atoms with Crippen molar-refractivity contribution >= 4 is 28.2 Å². The van der Waals surface area contributed by atoms with Crippen LogP contribution in [-0.4, -0.2) is 10.9 Å². The predicted octanol–water partition coefficient (Wildman–Crippen LogP) is 5.01. The third-order valence-electron chi connectivity index (χ3n) is 4.67. The van der Waals surface area contributed by atoms with Crippen molar-refractivity contribution in [3.63, 3.8) is 0 Å². The maximum Gasteiger partial charge on any atom is 0.291 e. The number of aryl methyl sites for hydroxylation is 1.